The highest BCUT2D eigenvalue weighted by Gasteiger charge is 2.40. The molecule has 0 saturated carbocycles. The van der Waals surface area contributed by atoms with Crippen LogP contribution in [0.2, 0.25) is 0 Å². The average Bonchev–Trinajstić information content (AvgIpc) is 2.95. The summed E-state index contributed by atoms with van der Waals surface area (Å²) in [5.41, 5.74) is 5.87. The summed E-state index contributed by atoms with van der Waals surface area (Å²) in [7, 11) is 0. The number of benzene rings is 3. The van der Waals surface area contributed by atoms with Gasteiger partial charge < -0.3 is 5.32 Å². The molecule has 0 fully saturated rings. The predicted molar refractivity (Wildman–Crippen MR) is 127 cm³/mol. The summed E-state index contributed by atoms with van der Waals surface area (Å²) in [6.45, 7) is 7.93. The van der Waals surface area contributed by atoms with E-state index in [2.05, 4.69) is 11.4 Å². The quantitative estimate of drug-likeness (QED) is 0.513. The molecule has 31 heavy (non-hydrogen) atoms. The molecule has 1 aliphatic heterocycles. The minimum absolute atomic E-state index is 0.307. The Bertz CT molecular complexity index is 1220. The minimum Gasteiger partial charge on any atom is -0.350 e. The zero-order valence-electron chi connectivity index (χ0n) is 18.0. The molecule has 2 amide bonds. The van der Waals surface area contributed by atoms with Gasteiger partial charge >= 0.3 is 0 Å². The fourth-order valence-electron chi connectivity index (χ4n) is 3.68. The first-order valence-corrected chi connectivity index (χ1v) is 10.9. The molecular weight excluding hydrogens is 404 g/mol. The van der Waals surface area contributed by atoms with Crippen molar-refractivity contribution >= 4 is 35.0 Å². The van der Waals surface area contributed by atoms with Gasteiger partial charge in [-0.05, 0) is 63.1 Å². The number of carbonyl (C=O) groups is 2. The number of nitrogens with zero attached hydrogens (tertiary/aromatic N) is 1. The van der Waals surface area contributed by atoms with Crippen molar-refractivity contribution in [3.63, 3.8) is 0 Å². The lowest BCUT2D eigenvalue weighted by Crippen LogP contribution is -2.33. The van der Waals surface area contributed by atoms with E-state index >= 15 is 0 Å². The highest BCUT2D eigenvalue weighted by Crippen LogP contribution is 2.39. The summed E-state index contributed by atoms with van der Waals surface area (Å²) in [6.07, 6.45) is 0. The van der Waals surface area contributed by atoms with Crippen LogP contribution in [0.5, 0.6) is 0 Å². The molecule has 4 rings (SSSR count). The molecule has 0 aliphatic carbocycles. The Balaban J connectivity index is 1.78. The van der Waals surface area contributed by atoms with Crippen molar-refractivity contribution in [2.75, 3.05) is 10.2 Å². The molecule has 1 heterocycles. The minimum atomic E-state index is -0.338. The molecule has 0 bridgehead atoms. The number of carbonyl (C=O) groups excluding carboxylic acids is 2. The van der Waals surface area contributed by atoms with Gasteiger partial charge in [0.15, 0.2) is 0 Å². The van der Waals surface area contributed by atoms with Gasteiger partial charge in [0.25, 0.3) is 11.8 Å². The van der Waals surface area contributed by atoms with Gasteiger partial charge in [-0.25, -0.2) is 4.90 Å². The van der Waals surface area contributed by atoms with Gasteiger partial charge in [0.05, 0.1) is 5.69 Å². The second-order valence-corrected chi connectivity index (χ2v) is 8.88. The van der Waals surface area contributed by atoms with Crippen LogP contribution < -0.4 is 10.2 Å². The van der Waals surface area contributed by atoms with Gasteiger partial charge in [0, 0.05) is 10.6 Å². The first-order chi connectivity index (χ1) is 14.8. The molecule has 1 aliphatic rings. The lowest BCUT2D eigenvalue weighted by atomic mass is 10.1. The molecule has 0 saturated heterocycles. The van der Waals surface area contributed by atoms with Crippen LogP contribution in [0.1, 0.15) is 22.3 Å². The SMILES string of the molecule is Cc1ccc(NC2=C(Sc3ccccc3)C(=O)N(c3ccc(C)cc3C)C2=O)c(C)c1. The van der Waals surface area contributed by atoms with E-state index in [0.29, 0.717) is 16.3 Å². The first kappa shape index (κ1) is 20.9. The number of aryl methyl sites for hydroxylation is 4. The average molecular weight is 429 g/mol. The molecule has 1 N–H and O–H groups in total. The number of hydrogen-bond acceptors (Lipinski definition) is 4. The summed E-state index contributed by atoms with van der Waals surface area (Å²) < 4.78 is 0. The van der Waals surface area contributed by atoms with E-state index in [0.717, 1.165) is 32.8 Å². The van der Waals surface area contributed by atoms with E-state index in [1.165, 1.54) is 16.7 Å². The van der Waals surface area contributed by atoms with Crippen LogP contribution in [0.25, 0.3) is 0 Å². The number of nitrogens with one attached hydrogen (secondary N) is 1. The fourth-order valence-corrected chi connectivity index (χ4v) is 4.63. The van der Waals surface area contributed by atoms with Gasteiger partial charge in [-0.1, -0.05) is 65.4 Å². The van der Waals surface area contributed by atoms with E-state index in [-0.39, 0.29) is 11.8 Å². The zero-order chi connectivity index (χ0) is 22.1. The third-order valence-electron chi connectivity index (χ3n) is 5.24. The lowest BCUT2D eigenvalue weighted by molar-refractivity contribution is -0.120. The Morgan fingerprint density at radius 2 is 1.39 bits per heavy atom. The Morgan fingerprint density at radius 3 is 2.03 bits per heavy atom. The third kappa shape index (κ3) is 4.14. The molecule has 0 atom stereocenters. The van der Waals surface area contributed by atoms with Crippen LogP contribution in [-0.2, 0) is 9.59 Å². The largest absolute Gasteiger partial charge is 0.350 e. The summed E-state index contributed by atoms with van der Waals surface area (Å²) in [4.78, 5) is 29.6. The van der Waals surface area contributed by atoms with Gasteiger partial charge in [-0.3, -0.25) is 9.59 Å². The molecule has 3 aromatic rings. The number of amides is 2. The second-order valence-electron chi connectivity index (χ2n) is 7.80. The van der Waals surface area contributed by atoms with E-state index in [1.54, 1.807) is 0 Å². The normalized spacial score (nSPS) is 13.9. The summed E-state index contributed by atoms with van der Waals surface area (Å²) in [5.74, 6) is -0.645. The summed E-state index contributed by atoms with van der Waals surface area (Å²) in [6, 6.07) is 21.4. The smallest absolute Gasteiger partial charge is 0.283 e. The van der Waals surface area contributed by atoms with Gasteiger partial charge in [0.1, 0.15) is 10.6 Å². The molecule has 0 spiro atoms. The molecule has 4 nitrogen and oxygen atoms in total. The van der Waals surface area contributed by atoms with Gasteiger partial charge in [0.2, 0.25) is 0 Å². The maximum atomic E-state index is 13.5. The molecule has 0 radical (unpaired) electrons. The summed E-state index contributed by atoms with van der Waals surface area (Å²) in [5, 5.41) is 3.26. The zero-order valence-corrected chi connectivity index (χ0v) is 18.8. The Hall–Kier alpha value is -3.31. The van der Waals surface area contributed by atoms with Crippen LogP contribution >= 0.6 is 11.8 Å². The fraction of sp³-hybridized carbons (Fsp3) is 0.154. The van der Waals surface area contributed by atoms with Crippen LogP contribution in [0.15, 0.2) is 82.2 Å². The molecular formula is C26H24N2O2S. The van der Waals surface area contributed by atoms with Crippen molar-refractivity contribution < 1.29 is 9.59 Å². The summed E-state index contributed by atoms with van der Waals surface area (Å²) >= 11 is 1.31. The van der Waals surface area contributed by atoms with Crippen LogP contribution in [0.3, 0.4) is 0 Å². The number of imide groups is 1. The molecule has 3 aromatic carbocycles. The van der Waals surface area contributed by atoms with E-state index in [4.69, 9.17) is 0 Å². The molecule has 0 unspecified atom stereocenters. The highest BCUT2D eigenvalue weighted by atomic mass is 32.2. The van der Waals surface area contributed by atoms with Crippen molar-refractivity contribution in [1.82, 2.24) is 0 Å². The highest BCUT2D eigenvalue weighted by molar-refractivity contribution is 8.04. The van der Waals surface area contributed by atoms with Crippen LogP contribution in [-0.4, -0.2) is 11.8 Å². The van der Waals surface area contributed by atoms with Crippen LogP contribution in [0, 0.1) is 27.7 Å². The number of hydrogen-bond donors (Lipinski definition) is 1. The van der Waals surface area contributed by atoms with E-state index in [9.17, 15) is 9.59 Å². The predicted octanol–water partition coefficient (Wildman–Crippen LogP) is 5.91. The number of thioether (sulfide) groups is 1. The molecule has 156 valence electrons. The second kappa shape index (κ2) is 8.44. The lowest BCUT2D eigenvalue weighted by Gasteiger charge is -2.18. The number of rotatable bonds is 5. The van der Waals surface area contributed by atoms with Crippen molar-refractivity contribution in [2.45, 2.75) is 32.6 Å². The Kier molecular flexibility index (Phi) is 5.70. The topological polar surface area (TPSA) is 49.4 Å². The van der Waals surface area contributed by atoms with Gasteiger partial charge in [-0.2, -0.15) is 0 Å². The van der Waals surface area contributed by atoms with E-state index < -0.39 is 0 Å². The van der Waals surface area contributed by atoms with Crippen LogP contribution in [0.4, 0.5) is 11.4 Å². The third-order valence-corrected chi connectivity index (χ3v) is 6.33. The first-order valence-electron chi connectivity index (χ1n) is 10.1. The monoisotopic (exact) mass is 428 g/mol. The van der Waals surface area contributed by atoms with Crippen molar-refractivity contribution in [2.24, 2.45) is 0 Å². The maximum absolute atomic E-state index is 13.5. The van der Waals surface area contributed by atoms with Crippen molar-refractivity contribution in [1.29, 1.82) is 0 Å². The molecule has 0 aromatic heterocycles. The standard InChI is InChI=1S/C26H24N2O2S/c1-16-10-12-21(18(3)14-16)27-23-24(31-20-8-6-5-7-9-20)26(30)28(25(23)29)22-13-11-17(2)15-19(22)4/h5-15,27H,1-4H3. The van der Waals surface area contributed by atoms with Gasteiger partial charge in [-0.15, -0.1) is 0 Å². The number of anilines is 2. The Labute approximate surface area is 187 Å². The Morgan fingerprint density at radius 1 is 0.742 bits per heavy atom. The maximum Gasteiger partial charge on any atom is 0.283 e. The van der Waals surface area contributed by atoms with Crippen molar-refractivity contribution in [3.8, 4) is 0 Å². The van der Waals surface area contributed by atoms with E-state index in [1.807, 2.05) is 88.4 Å². The van der Waals surface area contributed by atoms with Crippen molar-refractivity contribution in [3.05, 3.63) is 99.6 Å². The molecule has 5 heteroatoms.